The molecule has 0 saturated carbocycles. The molecule has 0 unspecified atom stereocenters. The van der Waals surface area contributed by atoms with Crippen molar-refractivity contribution in [3.63, 3.8) is 0 Å². The van der Waals surface area contributed by atoms with Crippen molar-refractivity contribution in [1.82, 2.24) is 9.78 Å². The Hall–Kier alpha value is -1.20. The second kappa shape index (κ2) is 5.43. The van der Waals surface area contributed by atoms with E-state index >= 15 is 0 Å². The molecule has 0 aliphatic heterocycles. The van der Waals surface area contributed by atoms with Gasteiger partial charge < -0.3 is 0 Å². The minimum atomic E-state index is -0.474. The van der Waals surface area contributed by atoms with E-state index < -0.39 is 5.82 Å². The zero-order valence-corrected chi connectivity index (χ0v) is 12.7. The molecule has 3 nitrogen and oxygen atoms in total. The van der Waals surface area contributed by atoms with Crippen LogP contribution in [-0.4, -0.2) is 15.6 Å². The van der Waals surface area contributed by atoms with Crippen molar-refractivity contribution in [3.05, 3.63) is 51.0 Å². The van der Waals surface area contributed by atoms with Crippen LogP contribution in [-0.2, 0) is 0 Å². The molecule has 1 aromatic carbocycles. The number of ketones is 1. The topological polar surface area (TPSA) is 34.9 Å². The fraction of sp³-hybridized carbons (Fsp3) is 0.231. The molecule has 100 valence electrons. The Morgan fingerprint density at radius 2 is 2.16 bits per heavy atom. The number of carbonyl (C=O) groups is 1. The third-order valence-corrected chi connectivity index (χ3v) is 3.52. The van der Waals surface area contributed by atoms with Gasteiger partial charge in [0, 0.05) is 11.6 Å². The summed E-state index contributed by atoms with van der Waals surface area (Å²) >= 11 is 9.22. The van der Waals surface area contributed by atoms with E-state index in [1.165, 1.54) is 12.1 Å². The minimum Gasteiger partial charge on any atom is -0.287 e. The Morgan fingerprint density at radius 1 is 1.47 bits per heavy atom. The maximum absolute atomic E-state index is 13.0. The monoisotopic (exact) mass is 344 g/mol. The van der Waals surface area contributed by atoms with Crippen LogP contribution in [0.2, 0.25) is 5.02 Å². The fourth-order valence-electron chi connectivity index (χ4n) is 1.75. The van der Waals surface area contributed by atoms with E-state index in [9.17, 15) is 9.18 Å². The molecule has 1 aromatic heterocycles. The minimum absolute atomic E-state index is 0.0319. The average Bonchev–Trinajstić information content (AvgIpc) is 2.70. The number of carbonyl (C=O) groups excluding carboxylic acids is 1. The number of nitrogens with zero attached hydrogens (tertiary/aromatic N) is 2. The van der Waals surface area contributed by atoms with Crippen LogP contribution in [0.15, 0.2) is 28.9 Å². The van der Waals surface area contributed by atoms with Gasteiger partial charge in [-0.25, -0.2) is 4.39 Å². The van der Waals surface area contributed by atoms with Crippen LogP contribution in [0, 0.1) is 5.82 Å². The van der Waals surface area contributed by atoms with Crippen LogP contribution in [0.25, 0.3) is 0 Å². The van der Waals surface area contributed by atoms with E-state index in [0.29, 0.717) is 10.2 Å². The summed E-state index contributed by atoms with van der Waals surface area (Å²) in [5.41, 5.74) is 0.662. The smallest absolute Gasteiger partial charge is 0.213 e. The molecular weight excluding hydrogens is 335 g/mol. The van der Waals surface area contributed by atoms with Gasteiger partial charge in [0.2, 0.25) is 5.78 Å². The maximum Gasteiger partial charge on any atom is 0.213 e. The number of halogens is 3. The first-order valence-electron chi connectivity index (χ1n) is 5.64. The summed E-state index contributed by atoms with van der Waals surface area (Å²) in [6, 6.07) is 3.75. The molecule has 0 fully saturated rings. The Morgan fingerprint density at radius 3 is 2.74 bits per heavy atom. The summed E-state index contributed by atoms with van der Waals surface area (Å²) < 4.78 is 15.2. The van der Waals surface area contributed by atoms with E-state index in [-0.39, 0.29) is 22.4 Å². The molecule has 0 spiro atoms. The largest absolute Gasteiger partial charge is 0.287 e. The van der Waals surface area contributed by atoms with Crippen molar-refractivity contribution in [2.75, 3.05) is 0 Å². The summed E-state index contributed by atoms with van der Waals surface area (Å²) in [5.74, 6) is -0.763. The van der Waals surface area contributed by atoms with Gasteiger partial charge in [0.25, 0.3) is 0 Å². The zero-order chi connectivity index (χ0) is 14.2. The summed E-state index contributed by atoms with van der Waals surface area (Å²) in [6.45, 7) is 3.84. The highest BCUT2D eigenvalue weighted by Gasteiger charge is 2.22. The number of hydrogen-bond acceptors (Lipinski definition) is 2. The van der Waals surface area contributed by atoms with E-state index in [0.717, 1.165) is 6.07 Å². The van der Waals surface area contributed by atoms with Crippen molar-refractivity contribution in [2.45, 2.75) is 19.9 Å². The van der Waals surface area contributed by atoms with Crippen LogP contribution in [0.4, 0.5) is 4.39 Å². The zero-order valence-electron chi connectivity index (χ0n) is 10.3. The van der Waals surface area contributed by atoms with Crippen LogP contribution < -0.4 is 0 Å². The first kappa shape index (κ1) is 14.2. The van der Waals surface area contributed by atoms with Crippen molar-refractivity contribution in [3.8, 4) is 0 Å². The summed E-state index contributed by atoms with van der Waals surface area (Å²) in [5, 5.41) is 4.23. The van der Waals surface area contributed by atoms with Gasteiger partial charge in [-0.15, -0.1) is 0 Å². The molecule has 6 heteroatoms. The quantitative estimate of drug-likeness (QED) is 0.780. The molecule has 0 radical (unpaired) electrons. The summed E-state index contributed by atoms with van der Waals surface area (Å²) in [7, 11) is 0. The molecule has 0 aliphatic carbocycles. The fourth-order valence-corrected chi connectivity index (χ4v) is 2.45. The lowest BCUT2D eigenvalue weighted by Crippen LogP contribution is -2.14. The maximum atomic E-state index is 13.0. The van der Waals surface area contributed by atoms with Crippen LogP contribution >= 0.6 is 27.5 Å². The number of aromatic nitrogens is 2. The van der Waals surface area contributed by atoms with Gasteiger partial charge >= 0.3 is 0 Å². The lowest BCUT2D eigenvalue weighted by molar-refractivity contribution is 0.102. The van der Waals surface area contributed by atoms with E-state index in [1.807, 2.05) is 13.8 Å². The Bertz CT molecular complexity index is 640. The third kappa shape index (κ3) is 2.72. The van der Waals surface area contributed by atoms with Crippen molar-refractivity contribution < 1.29 is 9.18 Å². The van der Waals surface area contributed by atoms with Crippen molar-refractivity contribution in [1.29, 1.82) is 0 Å². The highest BCUT2D eigenvalue weighted by molar-refractivity contribution is 9.10. The predicted molar refractivity (Wildman–Crippen MR) is 75.2 cm³/mol. The molecule has 2 rings (SSSR count). The second-order valence-electron chi connectivity index (χ2n) is 4.33. The van der Waals surface area contributed by atoms with Gasteiger partial charge in [-0.05, 0) is 48.0 Å². The third-order valence-electron chi connectivity index (χ3n) is 2.63. The van der Waals surface area contributed by atoms with E-state index in [4.69, 9.17) is 11.6 Å². The Labute approximate surface area is 123 Å². The normalized spacial score (nSPS) is 11.1. The first-order valence-corrected chi connectivity index (χ1v) is 6.81. The standard InChI is InChI=1S/C13H11BrClFN2O/c1-7(2)18-12(10(14)6-17-18)13(19)9-4-3-8(16)5-11(9)15/h3-7H,1-2H3. The van der Waals surface area contributed by atoms with Crippen molar-refractivity contribution >= 4 is 33.3 Å². The van der Waals surface area contributed by atoms with Gasteiger partial charge in [-0.1, -0.05) is 11.6 Å². The molecular formula is C13H11BrClFN2O. The van der Waals surface area contributed by atoms with Crippen LogP contribution in [0.3, 0.4) is 0 Å². The van der Waals surface area contributed by atoms with Crippen molar-refractivity contribution in [2.24, 2.45) is 0 Å². The van der Waals surface area contributed by atoms with Crippen LogP contribution in [0.1, 0.15) is 35.9 Å². The predicted octanol–water partition coefficient (Wildman–Crippen LogP) is 4.25. The highest BCUT2D eigenvalue weighted by Crippen LogP contribution is 2.26. The molecule has 0 saturated heterocycles. The first-order chi connectivity index (χ1) is 8.91. The SMILES string of the molecule is CC(C)n1ncc(Br)c1C(=O)c1ccc(F)cc1Cl. The number of rotatable bonds is 3. The highest BCUT2D eigenvalue weighted by atomic mass is 79.9. The molecule has 19 heavy (non-hydrogen) atoms. The Kier molecular flexibility index (Phi) is 4.06. The van der Waals surface area contributed by atoms with Gasteiger partial charge in [-0.3, -0.25) is 9.48 Å². The Balaban J connectivity index is 2.53. The molecule has 0 N–H and O–H groups in total. The summed E-state index contributed by atoms with van der Waals surface area (Å²) in [6.07, 6.45) is 1.56. The molecule has 0 amide bonds. The van der Waals surface area contributed by atoms with Crippen LogP contribution in [0.5, 0.6) is 0 Å². The molecule has 0 bridgehead atoms. The number of hydrogen-bond donors (Lipinski definition) is 0. The molecule has 0 aliphatic rings. The lowest BCUT2D eigenvalue weighted by atomic mass is 10.1. The van der Waals surface area contributed by atoms with Gasteiger partial charge in [0.05, 0.1) is 15.7 Å². The van der Waals surface area contributed by atoms with Gasteiger partial charge in [-0.2, -0.15) is 5.10 Å². The second-order valence-corrected chi connectivity index (χ2v) is 5.59. The molecule has 2 aromatic rings. The summed E-state index contributed by atoms with van der Waals surface area (Å²) in [4.78, 5) is 12.5. The lowest BCUT2D eigenvalue weighted by Gasteiger charge is -2.11. The number of benzene rings is 1. The molecule has 1 heterocycles. The molecule has 0 atom stereocenters. The van der Waals surface area contributed by atoms with Gasteiger partial charge in [0.15, 0.2) is 0 Å². The van der Waals surface area contributed by atoms with E-state index in [2.05, 4.69) is 21.0 Å². The van der Waals surface area contributed by atoms with E-state index in [1.54, 1.807) is 10.9 Å². The van der Waals surface area contributed by atoms with Gasteiger partial charge in [0.1, 0.15) is 11.5 Å². The average molecular weight is 346 g/mol.